The predicted molar refractivity (Wildman–Crippen MR) is 111 cm³/mol. The summed E-state index contributed by atoms with van der Waals surface area (Å²) in [7, 11) is 1.57. The molecule has 0 fully saturated rings. The van der Waals surface area contributed by atoms with Gasteiger partial charge in [-0.15, -0.1) is 0 Å². The van der Waals surface area contributed by atoms with E-state index in [1.807, 2.05) is 13.8 Å². The third-order valence-electron chi connectivity index (χ3n) is 4.25. The van der Waals surface area contributed by atoms with Crippen molar-refractivity contribution in [2.45, 2.75) is 26.3 Å². The molecular formula is C21H26N4O3. The quantitative estimate of drug-likeness (QED) is 0.564. The molecule has 7 heteroatoms. The molecule has 0 aliphatic heterocycles. The van der Waals surface area contributed by atoms with Gasteiger partial charge in [0.1, 0.15) is 0 Å². The van der Waals surface area contributed by atoms with Gasteiger partial charge in [-0.2, -0.15) is 0 Å². The smallest absolute Gasteiger partial charge is 0.251 e. The van der Waals surface area contributed by atoms with E-state index in [9.17, 15) is 14.4 Å². The highest BCUT2D eigenvalue weighted by molar-refractivity contribution is 5.97. The average molecular weight is 382 g/mol. The van der Waals surface area contributed by atoms with Crippen LogP contribution in [-0.4, -0.2) is 37.4 Å². The molecule has 4 N–H and O–H groups in total. The normalized spacial score (nSPS) is 11.2. The minimum absolute atomic E-state index is 0.0789. The maximum Gasteiger partial charge on any atom is 0.251 e. The summed E-state index contributed by atoms with van der Waals surface area (Å²) in [5, 5.41) is 11.2. The van der Waals surface area contributed by atoms with Gasteiger partial charge in [-0.25, -0.2) is 0 Å². The summed E-state index contributed by atoms with van der Waals surface area (Å²) in [5.74, 6) is -0.508. The Morgan fingerprint density at radius 2 is 1.39 bits per heavy atom. The molecule has 0 aromatic heterocycles. The Labute approximate surface area is 164 Å². The van der Waals surface area contributed by atoms with Gasteiger partial charge in [-0.1, -0.05) is 6.92 Å². The maximum absolute atomic E-state index is 12.1. The van der Waals surface area contributed by atoms with Crippen LogP contribution in [0.25, 0.3) is 0 Å². The summed E-state index contributed by atoms with van der Waals surface area (Å²) >= 11 is 0. The highest BCUT2D eigenvalue weighted by atomic mass is 16.2. The Bertz CT molecular complexity index is 817. The Morgan fingerprint density at radius 3 is 1.93 bits per heavy atom. The molecule has 1 atom stereocenters. The average Bonchev–Trinajstić information content (AvgIpc) is 2.72. The van der Waals surface area contributed by atoms with Crippen LogP contribution in [-0.2, 0) is 4.79 Å². The number of hydrogen-bond acceptors (Lipinski definition) is 4. The van der Waals surface area contributed by atoms with Crippen molar-refractivity contribution in [1.82, 2.24) is 10.6 Å². The fourth-order valence-electron chi connectivity index (χ4n) is 2.39. The van der Waals surface area contributed by atoms with E-state index >= 15 is 0 Å². The Balaban J connectivity index is 1.84. The molecule has 2 aromatic carbocycles. The van der Waals surface area contributed by atoms with Gasteiger partial charge >= 0.3 is 0 Å². The molecule has 0 aliphatic rings. The number of amides is 3. The van der Waals surface area contributed by atoms with Gasteiger partial charge < -0.3 is 21.3 Å². The van der Waals surface area contributed by atoms with Crippen LogP contribution in [0, 0.1) is 0 Å². The molecule has 1 unspecified atom stereocenters. The van der Waals surface area contributed by atoms with Crippen molar-refractivity contribution < 1.29 is 14.4 Å². The number of hydrogen-bond donors (Lipinski definition) is 4. The minimum atomic E-state index is -0.216. The second-order valence-corrected chi connectivity index (χ2v) is 6.42. The first-order valence-corrected chi connectivity index (χ1v) is 9.19. The highest BCUT2D eigenvalue weighted by Gasteiger charge is 2.09. The van der Waals surface area contributed by atoms with Crippen molar-refractivity contribution in [2.75, 3.05) is 24.2 Å². The van der Waals surface area contributed by atoms with Crippen molar-refractivity contribution in [2.24, 2.45) is 0 Å². The molecule has 28 heavy (non-hydrogen) atoms. The lowest BCUT2D eigenvalue weighted by Gasteiger charge is -2.12. The van der Waals surface area contributed by atoms with E-state index in [0.29, 0.717) is 16.8 Å². The topological polar surface area (TPSA) is 99.3 Å². The van der Waals surface area contributed by atoms with E-state index in [1.165, 1.54) is 0 Å². The third-order valence-corrected chi connectivity index (χ3v) is 4.25. The van der Waals surface area contributed by atoms with Gasteiger partial charge in [-0.05, 0) is 61.9 Å². The summed E-state index contributed by atoms with van der Waals surface area (Å²) in [6.45, 7) is 4.04. The number of carbonyl (C=O) groups is 3. The largest absolute Gasteiger partial charge is 0.376 e. The Morgan fingerprint density at radius 1 is 0.857 bits per heavy atom. The van der Waals surface area contributed by atoms with Gasteiger partial charge in [0, 0.05) is 35.6 Å². The first-order chi connectivity index (χ1) is 13.4. The second kappa shape index (κ2) is 10.1. The van der Waals surface area contributed by atoms with Crippen molar-refractivity contribution in [3.63, 3.8) is 0 Å². The summed E-state index contributed by atoms with van der Waals surface area (Å²) in [5.41, 5.74) is 2.45. The summed E-state index contributed by atoms with van der Waals surface area (Å²) in [6, 6.07) is 13.7. The van der Waals surface area contributed by atoms with E-state index in [4.69, 9.17) is 0 Å². The first-order valence-electron chi connectivity index (χ1n) is 9.19. The van der Waals surface area contributed by atoms with E-state index in [2.05, 4.69) is 21.3 Å². The molecule has 0 bridgehead atoms. The number of anilines is 2. The van der Waals surface area contributed by atoms with Crippen LogP contribution in [0.4, 0.5) is 11.4 Å². The van der Waals surface area contributed by atoms with Crippen LogP contribution >= 0.6 is 0 Å². The van der Waals surface area contributed by atoms with Crippen LogP contribution in [0.1, 0.15) is 41.0 Å². The molecule has 2 rings (SSSR count). The predicted octanol–water partition coefficient (Wildman–Crippen LogP) is 2.63. The second-order valence-electron chi connectivity index (χ2n) is 6.42. The fourth-order valence-corrected chi connectivity index (χ4v) is 2.39. The molecule has 0 heterocycles. The monoisotopic (exact) mass is 382 g/mol. The van der Waals surface area contributed by atoms with Gasteiger partial charge in [0.25, 0.3) is 11.8 Å². The van der Waals surface area contributed by atoms with Crippen molar-refractivity contribution in [1.29, 1.82) is 0 Å². The first kappa shape index (κ1) is 21.0. The van der Waals surface area contributed by atoms with E-state index < -0.39 is 0 Å². The fraction of sp³-hybridized carbons (Fsp3) is 0.286. The lowest BCUT2D eigenvalue weighted by molar-refractivity contribution is -0.114. The molecule has 0 saturated carbocycles. The van der Waals surface area contributed by atoms with E-state index in [-0.39, 0.29) is 30.3 Å². The summed E-state index contributed by atoms with van der Waals surface area (Å²) < 4.78 is 0. The molecule has 0 saturated heterocycles. The Hall–Kier alpha value is -3.35. The molecule has 3 amide bonds. The molecule has 0 spiro atoms. The zero-order valence-corrected chi connectivity index (χ0v) is 16.3. The van der Waals surface area contributed by atoms with Crippen LogP contribution in [0.2, 0.25) is 0 Å². The molecule has 0 radical (unpaired) electrons. The molecule has 0 aliphatic carbocycles. The van der Waals surface area contributed by atoms with Crippen LogP contribution < -0.4 is 21.3 Å². The zero-order chi connectivity index (χ0) is 20.5. The third kappa shape index (κ3) is 6.12. The van der Waals surface area contributed by atoms with Crippen molar-refractivity contribution in [3.05, 3.63) is 59.7 Å². The SMILES string of the molecule is CCC(C)NC(=O)c1ccc(NC(=O)CNc2ccc(C(=O)NC)cc2)cc1. The summed E-state index contributed by atoms with van der Waals surface area (Å²) in [4.78, 5) is 35.7. The van der Waals surface area contributed by atoms with E-state index in [0.717, 1.165) is 12.1 Å². The lowest BCUT2D eigenvalue weighted by Crippen LogP contribution is -2.31. The number of benzene rings is 2. The van der Waals surface area contributed by atoms with Crippen LogP contribution in [0.3, 0.4) is 0 Å². The van der Waals surface area contributed by atoms with Crippen molar-refractivity contribution >= 4 is 29.1 Å². The van der Waals surface area contributed by atoms with Crippen molar-refractivity contribution in [3.8, 4) is 0 Å². The van der Waals surface area contributed by atoms with E-state index in [1.54, 1.807) is 55.6 Å². The zero-order valence-electron chi connectivity index (χ0n) is 16.3. The maximum atomic E-state index is 12.1. The number of rotatable bonds is 8. The summed E-state index contributed by atoms with van der Waals surface area (Å²) in [6.07, 6.45) is 0.863. The van der Waals surface area contributed by atoms with Gasteiger partial charge in [0.05, 0.1) is 6.54 Å². The minimum Gasteiger partial charge on any atom is -0.376 e. The van der Waals surface area contributed by atoms with Gasteiger partial charge in [0.2, 0.25) is 5.91 Å². The number of nitrogens with one attached hydrogen (secondary N) is 4. The standard InChI is InChI=1S/C21H26N4O3/c1-4-14(2)24-21(28)16-7-11-18(12-8-16)25-19(26)13-23-17-9-5-15(6-10-17)20(27)22-3/h5-12,14,23H,4,13H2,1-3H3,(H,22,27)(H,24,28)(H,25,26). The molecule has 148 valence electrons. The van der Waals surface area contributed by atoms with Crippen LogP contribution in [0.5, 0.6) is 0 Å². The van der Waals surface area contributed by atoms with Gasteiger partial charge in [0.15, 0.2) is 0 Å². The lowest BCUT2D eigenvalue weighted by atomic mass is 10.1. The molecular weight excluding hydrogens is 356 g/mol. The highest BCUT2D eigenvalue weighted by Crippen LogP contribution is 2.11. The van der Waals surface area contributed by atoms with Gasteiger partial charge in [-0.3, -0.25) is 14.4 Å². The number of carbonyl (C=O) groups excluding carboxylic acids is 3. The molecule has 7 nitrogen and oxygen atoms in total. The molecule has 2 aromatic rings. The Kier molecular flexibility index (Phi) is 7.56. The van der Waals surface area contributed by atoms with Crippen LogP contribution in [0.15, 0.2) is 48.5 Å².